The summed E-state index contributed by atoms with van der Waals surface area (Å²) in [6, 6.07) is 8.61. The smallest absolute Gasteiger partial charge is 0.310 e. The standard InChI is InChI=1S/C18H27NO2/c1-3-15-6-4-5-7-17(15)19-12-14-8-10-16(11-9-14)13(2)18(20)21/h8-11,13,15,17,19H,3-7,12H2,1-2H3,(H,20,21). The molecule has 2 rings (SSSR count). The quantitative estimate of drug-likeness (QED) is 0.834. The Morgan fingerprint density at radius 1 is 1.29 bits per heavy atom. The molecule has 1 aliphatic rings. The van der Waals surface area contributed by atoms with Gasteiger partial charge in [-0.15, -0.1) is 0 Å². The van der Waals surface area contributed by atoms with Gasteiger partial charge in [0.1, 0.15) is 0 Å². The van der Waals surface area contributed by atoms with E-state index in [-0.39, 0.29) is 0 Å². The van der Waals surface area contributed by atoms with Crippen LogP contribution in [0.1, 0.15) is 63.0 Å². The van der Waals surface area contributed by atoms with Crippen molar-refractivity contribution >= 4 is 5.97 Å². The highest BCUT2D eigenvalue weighted by Gasteiger charge is 2.22. The lowest BCUT2D eigenvalue weighted by molar-refractivity contribution is -0.138. The molecule has 0 aliphatic heterocycles. The average molecular weight is 289 g/mol. The fourth-order valence-corrected chi connectivity index (χ4v) is 3.28. The van der Waals surface area contributed by atoms with Crippen LogP contribution >= 0.6 is 0 Å². The van der Waals surface area contributed by atoms with Crippen molar-refractivity contribution in [2.24, 2.45) is 5.92 Å². The molecule has 116 valence electrons. The van der Waals surface area contributed by atoms with Gasteiger partial charge >= 0.3 is 5.97 Å². The van der Waals surface area contributed by atoms with E-state index in [2.05, 4.69) is 12.2 Å². The molecule has 3 atom stereocenters. The van der Waals surface area contributed by atoms with Crippen LogP contribution in [0.4, 0.5) is 0 Å². The van der Waals surface area contributed by atoms with Crippen molar-refractivity contribution in [1.82, 2.24) is 5.32 Å². The summed E-state index contributed by atoms with van der Waals surface area (Å²) >= 11 is 0. The third kappa shape index (κ3) is 4.31. The molecule has 1 aliphatic carbocycles. The lowest BCUT2D eigenvalue weighted by atomic mass is 9.83. The van der Waals surface area contributed by atoms with Crippen LogP contribution in [0.5, 0.6) is 0 Å². The third-order valence-electron chi connectivity index (χ3n) is 4.85. The molecular weight excluding hydrogens is 262 g/mol. The van der Waals surface area contributed by atoms with E-state index in [4.69, 9.17) is 5.11 Å². The second-order valence-electron chi connectivity index (χ2n) is 6.24. The summed E-state index contributed by atoms with van der Waals surface area (Å²) in [5.41, 5.74) is 2.10. The molecule has 3 nitrogen and oxygen atoms in total. The lowest BCUT2D eigenvalue weighted by Crippen LogP contribution is -2.37. The highest BCUT2D eigenvalue weighted by atomic mass is 16.4. The van der Waals surface area contributed by atoms with Crippen molar-refractivity contribution in [3.63, 3.8) is 0 Å². The zero-order valence-electron chi connectivity index (χ0n) is 13.1. The number of carboxylic acids is 1. The van der Waals surface area contributed by atoms with Crippen molar-refractivity contribution in [1.29, 1.82) is 0 Å². The monoisotopic (exact) mass is 289 g/mol. The fraction of sp³-hybridized carbons (Fsp3) is 0.611. The van der Waals surface area contributed by atoms with E-state index >= 15 is 0 Å². The molecule has 0 saturated heterocycles. The first kappa shape index (κ1) is 16.0. The van der Waals surface area contributed by atoms with E-state index in [0.29, 0.717) is 6.04 Å². The molecule has 0 radical (unpaired) electrons. The van der Waals surface area contributed by atoms with Crippen LogP contribution in [0.2, 0.25) is 0 Å². The molecule has 1 aromatic rings. The molecule has 21 heavy (non-hydrogen) atoms. The van der Waals surface area contributed by atoms with Gasteiger partial charge in [-0.2, -0.15) is 0 Å². The number of carbonyl (C=O) groups is 1. The Balaban J connectivity index is 1.90. The van der Waals surface area contributed by atoms with Crippen LogP contribution in [0.3, 0.4) is 0 Å². The minimum Gasteiger partial charge on any atom is -0.481 e. The molecular formula is C18H27NO2. The SMILES string of the molecule is CCC1CCCCC1NCc1ccc(C(C)C(=O)O)cc1. The molecule has 0 heterocycles. The summed E-state index contributed by atoms with van der Waals surface area (Å²) in [5, 5.41) is 12.7. The number of rotatable bonds is 6. The molecule has 3 unspecified atom stereocenters. The topological polar surface area (TPSA) is 49.3 Å². The molecule has 3 heteroatoms. The van der Waals surface area contributed by atoms with Gasteiger partial charge in [-0.1, -0.05) is 50.5 Å². The first-order chi connectivity index (χ1) is 10.1. The first-order valence-corrected chi connectivity index (χ1v) is 8.16. The van der Waals surface area contributed by atoms with Gasteiger partial charge in [0, 0.05) is 12.6 Å². The van der Waals surface area contributed by atoms with Crippen LogP contribution in [0.15, 0.2) is 24.3 Å². The Morgan fingerprint density at radius 2 is 1.95 bits per heavy atom. The minimum absolute atomic E-state index is 0.435. The van der Waals surface area contributed by atoms with Crippen molar-refractivity contribution in [2.75, 3.05) is 0 Å². The minimum atomic E-state index is -0.770. The number of nitrogens with one attached hydrogen (secondary N) is 1. The second-order valence-corrected chi connectivity index (χ2v) is 6.24. The molecule has 0 spiro atoms. The van der Waals surface area contributed by atoms with Gasteiger partial charge in [0.15, 0.2) is 0 Å². The van der Waals surface area contributed by atoms with Crippen molar-refractivity contribution < 1.29 is 9.90 Å². The number of benzene rings is 1. The van der Waals surface area contributed by atoms with Gasteiger partial charge in [0.2, 0.25) is 0 Å². The predicted octanol–water partition coefficient (Wildman–Crippen LogP) is 3.93. The van der Waals surface area contributed by atoms with Crippen molar-refractivity contribution in [3.05, 3.63) is 35.4 Å². The zero-order chi connectivity index (χ0) is 15.2. The summed E-state index contributed by atoms with van der Waals surface area (Å²) < 4.78 is 0. The molecule has 1 aromatic carbocycles. The van der Waals surface area contributed by atoms with E-state index in [1.54, 1.807) is 6.92 Å². The predicted molar refractivity (Wildman–Crippen MR) is 85.4 cm³/mol. The summed E-state index contributed by atoms with van der Waals surface area (Å²) in [7, 11) is 0. The van der Waals surface area contributed by atoms with Crippen molar-refractivity contribution in [2.45, 2.75) is 64.5 Å². The number of hydrogen-bond acceptors (Lipinski definition) is 2. The van der Waals surface area contributed by atoms with Gasteiger partial charge in [-0.25, -0.2) is 0 Å². The normalized spacial score (nSPS) is 23.7. The number of aliphatic carboxylic acids is 1. The number of carboxylic acid groups (broad SMARTS) is 1. The van der Waals surface area contributed by atoms with Crippen LogP contribution in [-0.4, -0.2) is 17.1 Å². The van der Waals surface area contributed by atoms with Gasteiger partial charge in [0.05, 0.1) is 5.92 Å². The van der Waals surface area contributed by atoms with Gasteiger partial charge in [-0.3, -0.25) is 4.79 Å². The second kappa shape index (κ2) is 7.60. The molecule has 0 aromatic heterocycles. The Morgan fingerprint density at radius 3 is 2.57 bits per heavy atom. The zero-order valence-corrected chi connectivity index (χ0v) is 13.1. The van der Waals surface area contributed by atoms with Gasteiger partial charge in [-0.05, 0) is 36.8 Å². The Bertz CT molecular complexity index is 455. The van der Waals surface area contributed by atoms with Crippen LogP contribution in [-0.2, 0) is 11.3 Å². The third-order valence-corrected chi connectivity index (χ3v) is 4.85. The number of hydrogen-bond donors (Lipinski definition) is 2. The Hall–Kier alpha value is -1.35. The Labute approximate surface area is 127 Å². The molecule has 0 bridgehead atoms. The maximum Gasteiger partial charge on any atom is 0.310 e. The fourth-order valence-electron chi connectivity index (χ4n) is 3.28. The van der Waals surface area contributed by atoms with E-state index < -0.39 is 11.9 Å². The summed E-state index contributed by atoms with van der Waals surface area (Å²) in [6.45, 7) is 4.89. The highest BCUT2D eigenvalue weighted by Crippen LogP contribution is 2.27. The first-order valence-electron chi connectivity index (χ1n) is 8.16. The maximum absolute atomic E-state index is 11.0. The lowest BCUT2D eigenvalue weighted by Gasteiger charge is -2.31. The maximum atomic E-state index is 11.0. The molecule has 1 saturated carbocycles. The van der Waals surface area contributed by atoms with Crippen molar-refractivity contribution in [3.8, 4) is 0 Å². The molecule has 0 amide bonds. The van der Waals surface area contributed by atoms with Gasteiger partial charge < -0.3 is 10.4 Å². The summed E-state index contributed by atoms with van der Waals surface area (Å²) in [5.74, 6) is -0.395. The van der Waals surface area contributed by atoms with E-state index in [9.17, 15) is 4.79 Å². The van der Waals surface area contributed by atoms with E-state index in [1.165, 1.54) is 37.7 Å². The van der Waals surface area contributed by atoms with Crippen LogP contribution in [0, 0.1) is 5.92 Å². The largest absolute Gasteiger partial charge is 0.481 e. The summed E-state index contributed by atoms with van der Waals surface area (Å²) in [6.07, 6.45) is 6.60. The van der Waals surface area contributed by atoms with Crippen LogP contribution in [0.25, 0.3) is 0 Å². The highest BCUT2D eigenvalue weighted by molar-refractivity contribution is 5.75. The summed E-state index contributed by atoms with van der Waals surface area (Å²) in [4.78, 5) is 11.0. The molecule has 2 N–H and O–H groups in total. The van der Waals surface area contributed by atoms with Gasteiger partial charge in [0.25, 0.3) is 0 Å². The van der Waals surface area contributed by atoms with E-state index in [1.807, 2.05) is 24.3 Å². The molecule has 1 fully saturated rings. The Kier molecular flexibility index (Phi) is 5.80. The van der Waals surface area contributed by atoms with E-state index in [0.717, 1.165) is 18.0 Å². The average Bonchev–Trinajstić information content (AvgIpc) is 2.52. The van der Waals surface area contributed by atoms with Crippen LogP contribution < -0.4 is 5.32 Å².